The van der Waals surface area contributed by atoms with Crippen molar-refractivity contribution in [3.8, 4) is 0 Å². The number of rotatable bonds is 2. The van der Waals surface area contributed by atoms with Crippen molar-refractivity contribution >= 4 is 5.97 Å². The van der Waals surface area contributed by atoms with Gasteiger partial charge in [0.1, 0.15) is 0 Å². The van der Waals surface area contributed by atoms with Gasteiger partial charge in [0.05, 0.1) is 6.26 Å². The van der Waals surface area contributed by atoms with Gasteiger partial charge in [-0.05, 0) is 36.3 Å². The number of carbonyl (C=O) groups excluding carboxylic acids is 1. The van der Waals surface area contributed by atoms with Crippen molar-refractivity contribution < 1.29 is 9.53 Å². The van der Waals surface area contributed by atoms with E-state index in [1.54, 1.807) is 0 Å². The first-order chi connectivity index (χ1) is 6.58. The van der Waals surface area contributed by atoms with Crippen LogP contribution in [0.4, 0.5) is 0 Å². The van der Waals surface area contributed by atoms with Crippen molar-refractivity contribution in [3.63, 3.8) is 0 Å². The maximum atomic E-state index is 10.5. The van der Waals surface area contributed by atoms with Gasteiger partial charge in [-0.2, -0.15) is 0 Å². The molecule has 0 amide bonds. The molecule has 0 aliphatic heterocycles. The SMILES string of the molecule is CC(=O)O/C=C/C1=C[C@@H](C)C[C@@H](C)C1. The predicted molar refractivity (Wildman–Crippen MR) is 56.6 cm³/mol. The van der Waals surface area contributed by atoms with Gasteiger partial charge in [-0.25, -0.2) is 0 Å². The zero-order valence-electron chi connectivity index (χ0n) is 9.12. The maximum Gasteiger partial charge on any atom is 0.307 e. The molecule has 0 aromatic rings. The first kappa shape index (κ1) is 11.0. The van der Waals surface area contributed by atoms with Crippen LogP contribution in [-0.4, -0.2) is 5.97 Å². The standard InChI is InChI=1S/C12H18O2/c1-9-6-10(2)8-12(7-9)4-5-14-11(3)13/h4-5,7,9-10H,6,8H2,1-3H3/b5-4+/t9-,10+/m0/s1. The average Bonchev–Trinajstić information content (AvgIpc) is 2.01. The van der Waals surface area contributed by atoms with Gasteiger partial charge in [0.25, 0.3) is 0 Å². The number of allylic oxidation sites excluding steroid dienone is 3. The van der Waals surface area contributed by atoms with Gasteiger partial charge in [0.2, 0.25) is 0 Å². The number of carbonyl (C=O) groups is 1. The molecule has 0 saturated heterocycles. The number of hydrogen-bond acceptors (Lipinski definition) is 2. The van der Waals surface area contributed by atoms with Gasteiger partial charge in [-0.3, -0.25) is 4.79 Å². The van der Waals surface area contributed by atoms with Crippen molar-refractivity contribution in [3.05, 3.63) is 24.0 Å². The molecule has 0 aromatic heterocycles. The van der Waals surface area contributed by atoms with Crippen LogP contribution in [0.15, 0.2) is 24.0 Å². The molecule has 0 aromatic carbocycles. The largest absolute Gasteiger partial charge is 0.435 e. The monoisotopic (exact) mass is 194 g/mol. The normalized spacial score (nSPS) is 27.5. The average molecular weight is 194 g/mol. The Bertz CT molecular complexity index is 263. The summed E-state index contributed by atoms with van der Waals surface area (Å²) in [5, 5.41) is 0. The smallest absolute Gasteiger partial charge is 0.307 e. The van der Waals surface area contributed by atoms with Crippen molar-refractivity contribution in [2.75, 3.05) is 0 Å². The molecule has 0 fully saturated rings. The molecule has 1 rings (SSSR count). The highest BCUT2D eigenvalue weighted by atomic mass is 16.5. The quantitative estimate of drug-likeness (QED) is 0.499. The molecular formula is C12H18O2. The lowest BCUT2D eigenvalue weighted by Crippen LogP contribution is -2.08. The summed E-state index contributed by atoms with van der Waals surface area (Å²) in [4.78, 5) is 10.5. The Balaban J connectivity index is 2.51. The van der Waals surface area contributed by atoms with E-state index >= 15 is 0 Å². The number of esters is 1. The van der Waals surface area contributed by atoms with Crippen LogP contribution in [0.3, 0.4) is 0 Å². The minimum atomic E-state index is -0.265. The fourth-order valence-electron chi connectivity index (χ4n) is 1.96. The number of hydrogen-bond donors (Lipinski definition) is 0. The summed E-state index contributed by atoms with van der Waals surface area (Å²) in [6.07, 6.45) is 7.97. The Morgan fingerprint density at radius 3 is 2.86 bits per heavy atom. The Morgan fingerprint density at radius 2 is 2.29 bits per heavy atom. The van der Waals surface area contributed by atoms with Crippen LogP contribution in [0.2, 0.25) is 0 Å². The lowest BCUT2D eigenvalue weighted by molar-refractivity contribution is -0.135. The third kappa shape index (κ3) is 3.77. The van der Waals surface area contributed by atoms with Gasteiger partial charge in [0, 0.05) is 6.92 Å². The molecule has 2 heteroatoms. The van der Waals surface area contributed by atoms with Gasteiger partial charge >= 0.3 is 5.97 Å². The summed E-state index contributed by atoms with van der Waals surface area (Å²) in [5.41, 5.74) is 1.28. The lowest BCUT2D eigenvalue weighted by Gasteiger charge is -2.21. The predicted octanol–water partition coefficient (Wildman–Crippen LogP) is 3.06. The van der Waals surface area contributed by atoms with Gasteiger partial charge in [-0.1, -0.05) is 19.9 Å². The van der Waals surface area contributed by atoms with Crippen LogP contribution in [0.5, 0.6) is 0 Å². The molecular weight excluding hydrogens is 176 g/mol. The minimum absolute atomic E-state index is 0.265. The van der Waals surface area contributed by atoms with E-state index in [1.807, 2.05) is 6.08 Å². The fraction of sp³-hybridized carbons (Fsp3) is 0.583. The van der Waals surface area contributed by atoms with Gasteiger partial charge in [0.15, 0.2) is 0 Å². The van der Waals surface area contributed by atoms with Crippen LogP contribution >= 0.6 is 0 Å². The zero-order valence-corrected chi connectivity index (χ0v) is 9.12. The van der Waals surface area contributed by atoms with Crippen LogP contribution < -0.4 is 0 Å². The molecule has 0 bridgehead atoms. The van der Waals surface area contributed by atoms with Crippen molar-refractivity contribution in [2.45, 2.75) is 33.6 Å². The Hall–Kier alpha value is -1.05. The second-order valence-corrected chi connectivity index (χ2v) is 4.18. The molecule has 0 saturated carbocycles. The molecule has 2 nitrogen and oxygen atoms in total. The van der Waals surface area contributed by atoms with Crippen LogP contribution in [0.1, 0.15) is 33.6 Å². The highest BCUT2D eigenvalue weighted by Gasteiger charge is 2.14. The summed E-state index contributed by atoms with van der Waals surface area (Å²) < 4.78 is 4.75. The molecule has 0 spiro atoms. The molecule has 14 heavy (non-hydrogen) atoms. The summed E-state index contributed by atoms with van der Waals surface area (Å²) in [6.45, 7) is 5.88. The molecule has 1 aliphatic carbocycles. The molecule has 0 unspecified atom stereocenters. The topological polar surface area (TPSA) is 26.3 Å². The molecule has 78 valence electrons. The van der Waals surface area contributed by atoms with E-state index in [4.69, 9.17) is 4.74 Å². The Labute approximate surface area is 85.6 Å². The summed E-state index contributed by atoms with van der Waals surface area (Å²) in [7, 11) is 0. The highest BCUT2D eigenvalue weighted by molar-refractivity contribution is 5.66. The van der Waals surface area contributed by atoms with E-state index in [0.717, 1.165) is 12.3 Å². The number of ether oxygens (including phenoxy) is 1. The fourth-order valence-corrected chi connectivity index (χ4v) is 1.96. The second kappa shape index (κ2) is 4.99. The van der Waals surface area contributed by atoms with Gasteiger partial charge in [-0.15, -0.1) is 0 Å². The van der Waals surface area contributed by atoms with Crippen LogP contribution in [-0.2, 0) is 9.53 Å². The molecule has 2 atom stereocenters. The molecule has 0 N–H and O–H groups in total. The first-order valence-electron chi connectivity index (χ1n) is 5.12. The van der Waals surface area contributed by atoms with Crippen molar-refractivity contribution in [2.24, 2.45) is 11.8 Å². The third-order valence-corrected chi connectivity index (χ3v) is 2.37. The van der Waals surface area contributed by atoms with E-state index in [-0.39, 0.29) is 5.97 Å². The third-order valence-electron chi connectivity index (χ3n) is 2.37. The Morgan fingerprint density at radius 1 is 1.57 bits per heavy atom. The molecule has 1 aliphatic rings. The summed E-state index contributed by atoms with van der Waals surface area (Å²) in [6, 6.07) is 0. The van der Waals surface area contributed by atoms with E-state index in [1.165, 1.54) is 25.2 Å². The van der Waals surface area contributed by atoms with Gasteiger partial charge < -0.3 is 4.74 Å². The zero-order chi connectivity index (χ0) is 10.6. The van der Waals surface area contributed by atoms with E-state index < -0.39 is 0 Å². The molecule has 0 radical (unpaired) electrons. The van der Waals surface area contributed by atoms with Crippen LogP contribution in [0, 0.1) is 11.8 Å². The second-order valence-electron chi connectivity index (χ2n) is 4.18. The van der Waals surface area contributed by atoms with Crippen molar-refractivity contribution in [1.29, 1.82) is 0 Å². The lowest BCUT2D eigenvalue weighted by atomic mass is 9.84. The highest BCUT2D eigenvalue weighted by Crippen LogP contribution is 2.28. The van der Waals surface area contributed by atoms with E-state index in [9.17, 15) is 4.79 Å². The van der Waals surface area contributed by atoms with Crippen molar-refractivity contribution in [1.82, 2.24) is 0 Å². The maximum absolute atomic E-state index is 10.5. The minimum Gasteiger partial charge on any atom is -0.435 e. The Kier molecular flexibility index (Phi) is 3.93. The summed E-state index contributed by atoms with van der Waals surface area (Å²) in [5.74, 6) is 1.10. The van der Waals surface area contributed by atoms with E-state index in [0.29, 0.717) is 5.92 Å². The summed E-state index contributed by atoms with van der Waals surface area (Å²) >= 11 is 0. The van der Waals surface area contributed by atoms with Crippen LogP contribution in [0.25, 0.3) is 0 Å². The molecule has 0 heterocycles. The van der Waals surface area contributed by atoms with E-state index in [2.05, 4.69) is 19.9 Å². The first-order valence-corrected chi connectivity index (χ1v) is 5.12.